The van der Waals surface area contributed by atoms with E-state index in [0.717, 1.165) is 59.3 Å². The molecule has 5 rings (SSSR count). The summed E-state index contributed by atoms with van der Waals surface area (Å²) in [5.41, 5.74) is 6.40. The minimum atomic E-state index is 0.0854. The number of nitrogens with zero attached hydrogens (tertiary/aromatic N) is 4. The first kappa shape index (κ1) is 22.1. The monoisotopic (exact) mass is 452 g/mol. The van der Waals surface area contributed by atoms with E-state index in [1.165, 1.54) is 0 Å². The van der Waals surface area contributed by atoms with Gasteiger partial charge in [-0.1, -0.05) is 55.8 Å². The summed E-state index contributed by atoms with van der Waals surface area (Å²) < 4.78 is 9.46. The molecule has 172 valence electrons. The Morgan fingerprint density at radius 1 is 1.09 bits per heavy atom. The molecule has 34 heavy (non-hydrogen) atoms. The van der Waals surface area contributed by atoms with Crippen LogP contribution in [0.5, 0.6) is 0 Å². The van der Waals surface area contributed by atoms with Gasteiger partial charge in [-0.2, -0.15) is 10.4 Å². The molecule has 0 amide bonds. The van der Waals surface area contributed by atoms with Gasteiger partial charge < -0.3 is 4.74 Å². The van der Waals surface area contributed by atoms with E-state index in [1.54, 1.807) is 6.20 Å². The highest BCUT2D eigenvalue weighted by Gasteiger charge is 2.24. The van der Waals surface area contributed by atoms with Crippen molar-refractivity contribution >= 4 is 5.65 Å². The van der Waals surface area contributed by atoms with Crippen molar-refractivity contribution in [3.8, 4) is 17.2 Å². The van der Waals surface area contributed by atoms with Gasteiger partial charge in [0.2, 0.25) is 0 Å². The number of benzene rings is 2. The quantitative estimate of drug-likeness (QED) is 0.416. The molecule has 2 aromatic heterocycles. The van der Waals surface area contributed by atoms with Crippen molar-refractivity contribution in [2.45, 2.75) is 45.1 Å². The second-order valence-electron chi connectivity index (χ2n) is 8.83. The van der Waals surface area contributed by atoms with Crippen LogP contribution in [0.15, 0.2) is 65.6 Å². The van der Waals surface area contributed by atoms with E-state index >= 15 is 0 Å². The van der Waals surface area contributed by atoms with E-state index < -0.39 is 0 Å². The average Bonchev–Trinajstić information content (AvgIpc) is 3.36. The third-order valence-electron chi connectivity index (χ3n) is 6.69. The Kier molecular flexibility index (Phi) is 6.29. The number of aryl methyl sites for hydroxylation is 1. The van der Waals surface area contributed by atoms with Crippen LogP contribution in [-0.4, -0.2) is 27.4 Å². The summed E-state index contributed by atoms with van der Waals surface area (Å²) in [5, 5.41) is 14.0. The van der Waals surface area contributed by atoms with Crippen LogP contribution >= 0.6 is 0 Å². The average molecular weight is 453 g/mol. The third kappa shape index (κ3) is 4.04. The molecule has 3 heterocycles. The van der Waals surface area contributed by atoms with Gasteiger partial charge in [-0.3, -0.25) is 9.36 Å². The Bertz CT molecular complexity index is 1400. The topological polar surface area (TPSA) is 72.3 Å². The molecule has 0 atom stereocenters. The standard InChI is InChI=1S/C28H28N4O2/c1-2-5-26-25(18-20-8-10-21(11-9-20)24-7-4-3-6-22(24)19-29)28(33)31(23-13-16-34-17-14-23)27-12-15-30-32(26)27/h3-4,6-12,15,23H,2,5,13-14,16-18H2,1H3. The molecule has 2 aromatic carbocycles. The number of ether oxygens (including phenoxy) is 1. The minimum absolute atomic E-state index is 0.0854. The Morgan fingerprint density at radius 2 is 1.85 bits per heavy atom. The second-order valence-corrected chi connectivity index (χ2v) is 8.83. The van der Waals surface area contributed by atoms with Crippen LogP contribution in [0, 0.1) is 11.3 Å². The van der Waals surface area contributed by atoms with Gasteiger partial charge in [-0.15, -0.1) is 0 Å². The lowest BCUT2D eigenvalue weighted by molar-refractivity contribution is 0.0694. The lowest BCUT2D eigenvalue weighted by Gasteiger charge is -2.26. The van der Waals surface area contributed by atoms with Crippen LogP contribution in [-0.2, 0) is 17.6 Å². The highest BCUT2D eigenvalue weighted by atomic mass is 16.5. The molecule has 1 aliphatic heterocycles. The molecule has 0 saturated carbocycles. The van der Waals surface area contributed by atoms with Gasteiger partial charge in [0.05, 0.1) is 23.5 Å². The molecular formula is C28H28N4O2. The van der Waals surface area contributed by atoms with E-state index in [4.69, 9.17) is 4.74 Å². The summed E-state index contributed by atoms with van der Waals surface area (Å²) in [6.45, 7) is 3.48. The number of fused-ring (bicyclic) bond motifs is 1. The molecule has 4 aromatic rings. The van der Waals surface area contributed by atoms with Crippen molar-refractivity contribution < 1.29 is 4.74 Å². The normalized spacial score (nSPS) is 14.4. The van der Waals surface area contributed by atoms with Crippen LogP contribution in [0.1, 0.15) is 54.6 Å². The third-order valence-corrected chi connectivity index (χ3v) is 6.69. The Balaban J connectivity index is 1.57. The van der Waals surface area contributed by atoms with E-state index in [0.29, 0.717) is 25.2 Å². The van der Waals surface area contributed by atoms with Gasteiger partial charge in [-0.25, -0.2) is 4.52 Å². The van der Waals surface area contributed by atoms with E-state index in [1.807, 2.05) is 51.5 Å². The molecule has 6 nitrogen and oxygen atoms in total. The second kappa shape index (κ2) is 9.66. The smallest absolute Gasteiger partial charge is 0.257 e. The van der Waals surface area contributed by atoms with Gasteiger partial charge in [0, 0.05) is 37.3 Å². The maximum absolute atomic E-state index is 13.9. The van der Waals surface area contributed by atoms with Crippen molar-refractivity contribution in [3.63, 3.8) is 0 Å². The Labute approximate surface area is 199 Å². The van der Waals surface area contributed by atoms with Crippen LogP contribution in [0.3, 0.4) is 0 Å². The van der Waals surface area contributed by atoms with Crippen LogP contribution < -0.4 is 5.56 Å². The Morgan fingerprint density at radius 3 is 2.59 bits per heavy atom. The zero-order valence-corrected chi connectivity index (χ0v) is 19.4. The SMILES string of the molecule is CCCc1c(Cc2ccc(-c3ccccc3C#N)cc2)c(=O)n(C2CCOCC2)c2ccnn12. The lowest BCUT2D eigenvalue weighted by atomic mass is 9.96. The summed E-state index contributed by atoms with van der Waals surface area (Å²) in [5.74, 6) is 0. The van der Waals surface area contributed by atoms with Gasteiger partial charge in [-0.05, 0) is 42.0 Å². The van der Waals surface area contributed by atoms with Crippen molar-refractivity contribution in [1.82, 2.24) is 14.2 Å². The summed E-state index contributed by atoms with van der Waals surface area (Å²) in [7, 11) is 0. The number of rotatable bonds is 6. The first-order valence-electron chi connectivity index (χ1n) is 12.0. The molecule has 1 saturated heterocycles. The summed E-state index contributed by atoms with van der Waals surface area (Å²) in [4.78, 5) is 13.9. The zero-order valence-electron chi connectivity index (χ0n) is 19.4. The fraction of sp³-hybridized carbons (Fsp3) is 0.321. The first-order chi connectivity index (χ1) is 16.7. The van der Waals surface area contributed by atoms with E-state index in [9.17, 15) is 10.1 Å². The fourth-order valence-electron chi connectivity index (χ4n) is 4.99. The molecule has 1 aliphatic rings. The summed E-state index contributed by atoms with van der Waals surface area (Å²) >= 11 is 0. The van der Waals surface area contributed by atoms with E-state index in [-0.39, 0.29) is 11.6 Å². The summed E-state index contributed by atoms with van der Waals surface area (Å²) in [6, 6.07) is 20.1. The molecule has 0 bridgehead atoms. The maximum Gasteiger partial charge on any atom is 0.257 e. The minimum Gasteiger partial charge on any atom is -0.381 e. The number of hydrogen-bond donors (Lipinski definition) is 0. The number of aromatic nitrogens is 3. The van der Waals surface area contributed by atoms with E-state index in [2.05, 4.69) is 30.2 Å². The molecule has 6 heteroatoms. The highest BCUT2D eigenvalue weighted by molar-refractivity contribution is 5.70. The van der Waals surface area contributed by atoms with Crippen molar-refractivity contribution in [2.75, 3.05) is 13.2 Å². The van der Waals surface area contributed by atoms with Crippen molar-refractivity contribution in [1.29, 1.82) is 5.26 Å². The predicted octanol–water partition coefficient (Wildman–Crippen LogP) is 4.93. The Hall–Kier alpha value is -3.69. The number of nitriles is 1. The first-order valence-corrected chi connectivity index (χ1v) is 12.0. The lowest BCUT2D eigenvalue weighted by Crippen LogP contribution is -2.34. The van der Waals surface area contributed by atoms with Gasteiger partial charge in [0.1, 0.15) is 5.65 Å². The molecule has 1 fully saturated rings. The number of hydrogen-bond acceptors (Lipinski definition) is 4. The fourth-order valence-corrected chi connectivity index (χ4v) is 4.99. The van der Waals surface area contributed by atoms with Crippen LogP contribution in [0.25, 0.3) is 16.8 Å². The predicted molar refractivity (Wildman–Crippen MR) is 132 cm³/mol. The van der Waals surface area contributed by atoms with Gasteiger partial charge in [0.25, 0.3) is 5.56 Å². The molecule has 0 N–H and O–H groups in total. The zero-order chi connectivity index (χ0) is 23.5. The van der Waals surface area contributed by atoms with Crippen LogP contribution in [0.2, 0.25) is 0 Å². The van der Waals surface area contributed by atoms with Crippen LogP contribution in [0.4, 0.5) is 0 Å². The molecule has 0 aliphatic carbocycles. The van der Waals surface area contributed by atoms with Crippen molar-refractivity contribution in [3.05, 3.63) is 93.5 Å². The maximum atomic E-state index is 13.9. The molecule has 0 unspecified atom stereocenters. The van der Waals surface area contributed by atoms with Gasteiger partial charge >= 0.3 is 0 Å². The molecule has 0 spiro atoms. The largest absolute Gasteiger partial charge is 0.381 e. The highest BCUT2D eigenvalue weighted by Crippen LogP contribution is 2.26. The van der Waals surface area contributed by atoms with Crippen molar-refractivity contribution in [2.24, 2.45) is 0 Å². The van der Waals surface area contributed by atoms with Gasteiger partial charge in [0.15, 0.2) is 0 Å². The molecular weight excluding hydrogens is 424 g/mol. The molecule has 0 radical (unpaired) electrons. The summed E-state index contributed by atoms with van der Waals surface area (Å²) in [6.07, 6.45) is 5.74.